The Balaban J connectivity index is 3.08. The van der Waals surface area contributed by atoms with E-state index in [0.29, 0.717) is 10.6 Å². The summed E-state index contributed by atoms with van der Waals surface area (Å²) in [7, 11) is 0. The average Bonchev–Trinajstić information content (AvgIpc) is 1.97. The van der Waals surface area contributed by atoms with Gasteiger partial charge in [-0.25, -0.2) is 4.21 Å². The zero-order valence-corrected chi connectivity index (χ0v) is 10.1. The van der Waals surface area contributed by atoms with Gasteiger partial charge in [-0.3, -0.25) is 0 Å². The Morgan fingerprint density at radius 2 is 2.09 bits per heavy atom. The lowest BCUT2D eigenvalue weighted by Crippen LogP contribution is -2.00. The molecule has 2 atom stereocenters. The van der Waals surface area contributed by atoms with E-state index in [9.17, 15) is 4.21 Å². The van der Waals surface area contributed by atoms with Crippen molar-refractivity contribution in [2.75, 3.05) is 11.1 Å². The minimum Gasteiger partial charge on any atom is -0.306 e. The first-order valence-electron chi connectivity index (χ1n) is 3.44. The minimum atomic E-state index is -1.61. The van der Waals surface area contributed by atoms with Crippen LogP contribution in [0.15, 0.2) is 0 Å². The molecular weight excluding hydrogens is 296 g/mol. The van der Waals surface area contributed by atoms with Crippen molar-refractivity contribution in [2.24, 2.45) is 0 Å². The third-order valence-electron chi connectivity index (χ3n) is 1.25. The molecule has 0 aromatic rings. The van der Waals surface area contributed by atoms with Crippen LogP contribution >= 0.6 is 31.9 Å². The van der Waals surface area contributed by atoms with Crippen molar-refractivity contribution in [1.82, 2.24) is 0 Å². The van der Waals surface area contributed by atoms with Crippen LogP contribution < -0.4 is 0 Å². The van der Waals surface area contributed by atoms with Crippen molar-refractivity contribution in [3.8, 4) is 0 Å². The molecule has 11 heavy (non-hydrogen) atoms. The number of halogens is 2. The van der Waals surface area contributed by atoms with Gasteiger partial charge in [0, 0.05) is 15.9 Å². The standard InChI is InChI=1S/C6H12Br2O2S/c7-5-6(8)3-1-2-4-11(9)10/h6H,1-5H2,(H,9,10). The van der Waals surface area contributed by atoms with Crippen LogP contribution in [0.4, 0.5) is 0 Å². The molecular formula is C6H12Br2O2S. The molecule has 1 N–H and O–H groups in total. The molecule has 0 saturated carbocycles. The van der Waals surface area contributed by atoms with Crippen LogP contribution in [0.5, 0.6) is 0 Å². The molecule has 0 spiro atoms. The van der Waals surface area contributed by atoms with Crippen molar-refractivity contribution in [1.29, 1.82) is 0 Å². The maximum absolute atomic E-state index is 10.2. The van der Waals surface area contributed by atoms with Gasteiger partial charge in [0.15, 0.2) is 11.1 Å². The maximum Gasteiger partial charge on any atom is 0.152 e. The zero-order valence-electron chi connectivity index (χ0n) is 6.13. The zero-order chi connectivity index (χ0) is 8.69. The second kappa shape index (κ2) is 7.71. The Kier molecular flexibility index (Phi) is 8.45. The lowest BCUT2D eigenvalue weighted by Gasteiger charge is -2.03. The summed E-state index contributed by atoms with van der Waals surface area (Å²) in [6.45, 7) is 0. The molecule has 0 bridgehead atoms. The smallest absolute Gasteiger partial charge is 0.152 e. The van der Waals surface area contributed by atoms with E-state index in [1.54, 1.807) is 0 Å². The third kappa shape index (κ3) is 8.98. The van der Waals surface area contributed by atoms with Crippen LogP contribution in [-0.4, -0.2) is 24.7 Å². The van der Waals surface area contributed by atoms with Crippen LogP contribution in [0, 0.1) is 0 Å². The molecule has 5 heteroatoms. The molecule has 0 radical (unpaired) electrons. The monoisotopic (exact) mass is 306 g/mol. The van der Waals surface area contributed by atoms with Gasteiger partial charge >= 0.3 is 0 Å². The molecule has 0 fully saturated rings. The van der Waals surface area contributed by atoms with Crippen molar-refractivity contribution in [3.63, 3.8) is 0 Å². The summed E-state index contributed by atoms with van der Waals surface area (Å²) in [5.41, 5.74) is 0. The highest BCUT2D eigenvalue weighted by molar-refractivity contribution is 9.12. The Morgan fingerprint density at radius 1 is 1.45 bits per heavy atom. The van der Waals surface area contributed by atoms with Crippen LogP contribution in [0.25, 0.3) is 0 Å². The average molecular weight is 308 g/mol. The largest absolute Gasteiger partial charge is 0.306 e. The maximum atomic E-state index is 10.2. The predicted molar refractivity (Wildman–Crippen MR) is 56.0 cm³/mol. The first kappa shape index (κ1) is 12.1. The molecule has 2 nitrogen and oxygen atoms in total. The van der Waals surface area contributed by atoms with Crippen molar-refractivity contribution in [3.05, 3.63) is 0 Å². The van der Waals surface area contributed by atoms with Crippen LogP contribution in [-0.2, 0) is 11.1 Å². The van der Waals surface area contributed by atoms with Crippen LogP contribution in [0.2, 0.25) is 0 Å². The van der Waals surface area contributed by atoms with Gasteiger partial charge in [-0.05, 0) is 12.8 Å². The number of hydrogen-bond acceptors (Lipinski definition) is 1. The molecule has 0 aliphatic heterocycles. The topological polar surface area (TPSA) is 37.3 Å². The van der Waals surface area contributed by atoms with Crippen molar-refractivity contribution in [2.45, 2.75) is 24.1 Å². The molecule has 0 amide bonds. The van der Waals surface area contributed by atoms with Crippen molar-refractivity contribution < 1.29 is 8.76 Å². The summed E-state index contributed by atoms with van der Waals surface area (Å²) >= 11 is 5.19. The third-order valence-corrected chi connectivity index (χ3v) is 4.32. The van der Waals surface area contributed by atoms with Crippen LogP contribution in [0.1, 0.15) is 19.3 Å². The van der Waals surface area contributed by atoms with Crippen molar-refractivity contribution >= 4 is 42.9 Å². The Labute approximate surface area is 86.7 Å². The highest BCUT2D eigenvalue weighted by Gasteiger charge is 2.01. The van der Waals surface area contributed by atoms with Gasteiger partial charge < -0.3 is 4.55 Å². The number of alkyl halides is 2. The van der Waals surface area contributed by atoms with E-state index >= 15 is 0 Å². The van der Waals surface area contributed by atoms with E-state index < -0.39 is 11.1 Å². The first-order valence-corrected chi connectivity index (χ1v) is 6.75. The molecule has 0 aromatic carbocycles. The second-order valence-electron chi connectivity index (χ2n) is 2.27. The molecule has 0 heterocycles. The summed E-state index contributed by atoms with van der Waals surface area (Å²) < 4.78 is 18.6. The fourth-order valence-electron chi connectivity index (χ4n) is 0.669. The number of rotatable bonds is 6. The molecule has 0 aliphatic rings. The fourth-order valence-corrected chi connectivity index (χ4v) is 1.77. The molecule has 68 valence electrons. The molecule has 2 unspecified atom stereocenters. The van der Waals surface area contributed by atoms with E-state index in [0.717, 1.165) is 24.6 Å². The van der Waals surface area contributed by atoms with E-state index in [1.165, 1.54) is 0 Å². The molecule has 0 rings (SSSR count). The minimum absolute atomic E-state index is 0.405. The summed E-state index contributed by atoms with van der Waals surface area (Å²) in [4.78, 5) is 0.495. The second-order valence-corrected chi connectivity index (χ2v) is 5.27. The van der Waals surface area contributed by atoms with E-state index in [4.69, 9.17) is 4.55 Å². The Bertz CT molecular complexity index is 121. The summed E-state index contributed by atoms with van der Waals surface area (Å²) in [6.07, 6.45) is 2.90. The highest BCUT2D eigenvalue weighted by Crippen LogP contribution is 2.12. The quantitative estimate of drug-likeness (QED) is 0.465. The van der Waals surface area contributed by atoms with Gasteiger partial charge in [0.25, 0.3) is 0 Å². The van der Waals surface area contributed by atoms with E-state index in [-0.39, 0.29) is 0 Å². The summed E-state index contributed by atoms with van der Waals surface area (Å²) in [5, 5.41) is 0.940. The fraction of sp³-hybridized carbons (Fsp3) is 1.00. The SMILES string of the molecule is O=S(O)CCCCC(Br)CBr. The summed E-state index contributed by atoms with van der Waals surface area (Å²) in [5.74, 6) is 0.405. The Hall–Kier alpha value is 1.07. The van der Waals surface area contributed by atoms with Gasteiger partial charge in [0.2, 0.25) is 0 Å². The number of unbranched alkanes of at least 4 members (excludes halogenated alkanes) is 1. The molecule has 0 aromatic heterocycles. The van der Waals surface area contributed by atoms with Gasteiger partial charge in [-0.2, -0.15) is 0 Å². The van der Waals surface area contributed by atoms with E-state index in [2.05, 4.69) is 31.9 Å². The summed E-state index contributed by atoms with van der Waals surface area (Å²) in [6, 6.07) is 0. The molecule has 0 saturated heterocycles. The first-order chi connectivity index (χ1) is 5.16. The number of hydrogen-bond donors (Lipinski definition) is 1. The van der Waals surface area contributed by atoms with Gasteiger partial charge in [0.05, 0.1) is 0 Å². The van der Waals surface area contributed by atoms with Gasteiger partial charge in [0.1, 0.15) is 0 Å². The van der Waals surface area contributed by atoms with Gasteiger partial charge in [-0.15, -0.1) is 0 Å². The normalized spacial score (nSPS) is 16.3. The predicted octanol–water partition coefficient (Wildman–Crippen LogP) is 2.54. The molecule has 0 aliphatic carbocycles. The van der Waals surface area contributed by atoms with Crippen LogP contribution in [0.3, 0.4) is 0 Å². The Morgan fingerprint density at radius 3 is 2.55 bits per heavy atom. The van der Waals surface area contributed by atoms with E-state index in [1.807, 2.05) is 0 Å². The lowest BCUT2D eigenvalue weighted by molar-refractivity contribution is 0.559. The van der Waals surface area contributed by atoms with Gasteiger partial charge in [-0.1, -0.05) is 38.3 Å². The lowest BCUT2D eigenvalue weighted by atomic mass is 10.2. The highest BCUT2D eigenvalue weighted by atomic mass is 79.9.